The van der Waals surface area contributed by atoms with Crippen molar-refractivity contribution in [2.75, 3.05) is 42.5 Å². The van der Waals surface area contributed by atoms with Crippen LogP contribution in [0.5, 0.6) is 0 Å². The number of ether oxygens (including phenoxy) is 1. The Balaban J connectivity index is 1.33. The molecule has 1 aromatic carbocycles. The van der Waals surface area contributed by atoms with Gasteiger partial charge in [-0.05, 0) is 24.4 Å². The fourth-order valence-electron chi connectivity index (χ4n) is 3.93. The van der Waals surface area contributed by atoms with Crippen molar-refractivity contribution in [3.63, 3.8) is 0 Å². The van der Waals surface area contributed by atoms with Crippen LogP contribution in [0.15, 0.2) is 30.6 Å². The number of hydrogen-bond acceptors (Lipinski definition) is 6. The first-order valence-corrected chi connectivity index (χ1v) is 8.83. The number of nitrogens with zero attached hydrogens (tertiary/aromatic N) is 4. The molecule has 1 aromatic rings. The van der Waals surface area contributed by atoms with E-state index in [2.05, 4.69) is 16.3 Å². The molecule has 1 aliphatic carbocycles. The molecule has 1 saturated carbocycles. The van der Waals surface area contributed by atoms with Crippen molar-refractivity contribution in [1.82, 2.24) is 15.9 Å². The van der Waals surface area contributed by atoms with Crippen molar-refractivity contribution in [2.24, 2.45) is 0 Å². The van der Waals surface area contributed by atoms with Crippen LogP contribution in [0.25, 0.3) is 5.43 Å². The maximum atomic E-state index is 14.7. The molecule has 3 fully saturated rings. The fraction of sp³-hybridized carbons (Fsp3) is 0.471. The maximum Gasteiger partial charge on any atom is 0.415 e. The zero-order valence-electron chi connectivity index (χ0n) is 14.2. The summed E-state index contributed by atoms with van der Waals surface area (Å²) in [6.45, 7) is 3.64. The van der Waals surface area contributed by atoms with Gasteiger partial charge in [0.05, 0.1) is 24.0 Å². The zero-order valence-corrected chi connectivity index (χ0v) is 14.2. The number of nitrogens with one attached hydrogen (secondary N) is 2. The van der Waals surface area contributed by atoms with E-state index < -0.39 is 11.7 Å². The Morgan fingerprint density at radius 1 is 1.31 bits per heavy atom. The van der Waals surface area contributed by atoms with Gasteiger partial charge in [0.1, 0.15) is 5.82 Å². The summed E-state index contributed by atoms with van der Waals surface area (Å²) in [4.78, 5) is 15.9. The van der Waals surface area contributed by atoms with Gasteiger partial charge in [0.15, 0.2) is 5.60 Å². The van der Waals surface area contributed by atoms with Crippen molar-refractivity contribution < 1.29 is 13.9 Å². The van der Waals surface area contributed by atoms with Gasteiger partial charge in [-0.25, -0.2) is 9.18 Å². The van der Waals surface area contributed by atoms with Crippen LogP contribution >= 0.6 is 0 Å². The molecule has 4 aliphatic rings. The number of amides is 1. The lowest BCUT2D eigenvalue weighted by molar-refractivity contribution is 0.105. The highest BCUT2D eigenvalue weighted by atomic mass is 19.1. The van der Waals surface area contributed by atoms with E-state index in [0.717, 1.165) is 32.6 Å². The summed E-state index contributed by atoms with van der Waals surface area (Å²) in [5.41, 5.74) is 7.34. The predicted octanol–water partition coefficient (Wildman–Crippen LogP) is 1.28. The number of halogens is 1. The lowest BCUT2D eigenvalue weighted by atomic mass is 10.2. The zero-order chi connectivity index (χ0) is 17.7. The number of carbonyl (C=O) groups excluding carboxylic acids is 1. The number of piperazine rings is 1. The standard InChI is InChI=1S/C17H20FN6O2/c18-13-9-12(1-2-14(13)22-6-3-19-4-7-22)23-11-17(26-16(23)25)10-15(17)24-8-5-20-21-24/h1-2,5,8-9,15,19,21H,3-4,6-7,10-11H2/q-1/t15-,17-/m0/s1. The normalized spacial score (nSPS) is 30.1. The Kier molecular flexibility index (Phi) is 3.47. The third-order valence-electron chi connectivity index (χ3n) is 5.43. The average molecular weight is 359 g/mol. The first kappa shape index (κ1) is 15.7. The number of anilines is 2. The number of benzene rings is 1. The summed E-state index contributed by atoms with van der Waals surface area (Å²) in [6, 6.07) is 5.02. The van der Waals surface area contributed by atoms with Crippen LogP contribution in [-0.2, 0) is 4.74 Å². The molecule has 2 saturated heterocycles. The smallest absolute Gasteiger partial charge is 0.415 e. The van der Waals surface area contributed by atoms with Crippen LogP contribution in [0.1, 0.15) is 6.42 Å². The van der Waals surface area contributed by atoms with Gasteiger partial charge in [0.25, 0.3) is 0 Å². The highest BCUT2D eigenvalue weighted by molar-refractivity contribution is 5.91. The third-order valence-corrected chi connectivity index (χ3v) is 5.43. The topological polar surface area (TPSA) is 74.2 Å². The molecule has 0 radical (unpaired) electrons. The monoisotopic (exact) mass is 359 g/mol. The molecule has 26 heavy (non-hydrogen) atoms. The molecule has 3 aliphatic heterocycles. The Morgan fingerprint density at radius 3 is 2.88 bits per heavy atom. The Morgan fingerprint density at radius 2 is 2.15 bits per heavy atom. The number of hydrogen-bond donors (Lipinski definition) is 2. The van der Waals surface area contributed by atoms with Gasteiger partial charge < -0.3 is 30.9 Å². The molecular weight excluding hydrogens is 339 g/mol. The summed E-state index contributed by atoms with van der Waals surface area (Å²) in [5, 5.41) is 5.09. The van der Waals surface area contributed by atoms with Gasteiger partial charge in [0.2, 0.25) is 0 Å². The molecule has 1 spiro atoms. The second kappa shape index (κ2) is 5.75. The molecule has 138 valence electrons. The van der Waals surface area contributed by atoms with Gasteiger partial charge in [-0.1, -0.05) is 0 Å². The highest BCUT2D eigenvalue weighted by Crippen LogP contribution is 2.49. The molecule has 5 rings (SSSR count). The van der Waals surface area contributed by atoms with E-state index in [1.54, 1.807) is 18.3 Å². The first-order valence-electron chi connectivity index (χ1n) is 8.83. The molecule has 8 nitrogen and oxygen atoms in total. The van der Waals surface area contributed by atoms with Crippen LogP contribution in [0.4, 0.5) is 20.6 Å². The van der Waals surface area contributed by atoms with Crippen LogP contribution in [-0.4, -0.2) is 55.5 Å². The minimum Gasteiger partial charge on any atom is -0.609 e. The van der Waals surface area contributed by atoms with Crippen molar-refractivity contribution in [2.45, 2.75) is 18.1 Å². The SMILES string of the molecule is O=C1O[C@@]2(C[C@@H]2N2C=C[N-]N2)CN1c1ccc(N2CCNCC2)c(F)c1. The number of hydrazine groups is 1. The van der Waals surface area contributed by atoms with E-state index in [-0.39, 0.29) is 11.9 Å². The molecule has 2 atom stereocenters. The minimum atomic E-state index is -0.554. The molecule has 1 amide bonds. The summed E-state index contributed by atoms with van der Waals surface area (Å²) >= 11 is 0. The van der Waals surface area contributed by atoms with Gasteiger partial charge >= 0.3 is 6.09 Å². The average Bonchev–Trinajstić information content (AvgIpc) is 2.99. The van der Waals surface area contributed by atoms with Crippen LogP contribution in [0, 0.1) is 5.82 Å². The molecule has 9 heteroatoms. The molecule has 3 heterocycles. The second-order valence-corrected chi connectivity index (χ2v) is 7.05. The van der Waals surface area contributed by atoms with E-state index in [1.807, 2.05) is 16.1 Å². The minimum absolute atomic E-state index is 0.0453. The molecular formula is C17H20FN6O2-. The van der Waals surface area contributed by atoms with Crippen molar-refractivity contribution in [3.8, 4) is 0 Å². The quantitative estimate of drug-likeness (QED) is 0.847. The number of carbonyl (C=O) groups is 1. The van der Waals surface area contributed by atoms with Gasteiger partial charge in [-0.3, -0.25) is 4.90 Å². The van der Waals surface area contributed by atoms with Crippen molar-refractivity contribution in [3.05, 3.63) is 41.8 Å². The largest absolute Gasteiger partial charge is 0.609 e. The Bertz CT molecular complexity index is 768. The van der Waals surface area contributed by atoms with E-state index in [9.17, 15) is 9.18 Å². The van der Waals surface area contributed by atoms with Crippen LogP contribution < -0.4 is 20.7 Å². The van der Waals surface area contributed by atoms with Gasteiger partial charge in [0, 0.05) is 32.6 Å². The summed E-state index contributed by atoms with van der Waals surface area (Å²) in [7, 11) is 0. The molecule has 0 aromatic heterocycles. The fourth-order valence-corrected chi connectivity index (χ4v) is 3.93. The number of rotatable bonds is 3. The van der Waals surface area contributed by atoms with E-state index in [0.29, 0.717) is 17.9 Å². The lowest BCUT2D eigenvalue weighted by Crippen LogP contribution is -2.43. The van der Waals surface area contributed by atoms with Crippen molar-refractivity contribution in [1.29, 1.82) is 0 Å². The second-order valence-electron chi connectivity index (χ2n) is 7.05. The van der Waals surface area contributed by atoms with Crippen molar-refractivity contribution >= 4 is 17.5 Å². The lowest BCUT2D eigenvalue weighted by Gasteiger charge is -2.30. The van der Waals surface area contributed by atoms with Crippen LogP contribution in [0.3, 0.4) is 0 Å². The Labute approximate surface area is 150 Å². The summed E-state index contributed by atoms with van der Waals surface area (Å²) in [5.74, 6) is -0.312. The highest BCUT2D eigenvalue weighted by Gasteiger charge is 2.65. The maximum absolute atomic E-state index is 14.7. The predicted molar refractivity (Wildman–Crippen MR) is 93.9 cm³/mol. The van der Waals surface area contributed by atoms with E-state index >= 15 is 0 Å². The van der Waals surface area contributed by atoms with E-state index in [1.165, 1.54) is 11.0 Å². The molecule has 0 bridgehead atoms. The first-order chi connectivity index (χ1) is 12.7. The van der Waals surface area contributed by atoms with E-state index in [4.69, 9.17) is 4.74 Å². The van der Waals surface area contributed by atoms with Gasteiger partial charge in [-0.2, -0.15) is 0 Å². The van der Waals surface area contributed by atoms with Crippen LogP contribution in [0.2, 0.25) is 0 Å². The summed E-state index contributed by atoms with van der Waals surface area (Å²) in [6.07, 6.45) is 3.77. The summed E-state index contributed by atoms with van der Waals surface area (Å²) < 4.78 is 20.3. The Hall–Kier alpha value is -2.52. The molecule has 2 N–H and O–H groups in total. The molecule has 0 unspecified atom stereocenters. The third kappa shape index (κ3) is 2.46. The van der Waals surface area contributed by atoms with Gasteiger partial charge in [-0.15, -0.1) is 6.20 Å².